The van der Waals surface area contributed by atoms with Gasteiger partial charge in [0.2, 0.25) is 6.29 Å². The second-order valence-corrected chi connectivity index (χ2v) is 15.9. The summed E-state index contributed by atoms with van der Waals surface area (Å²) in [7, 11) is 0. The van der Waals surface area contributed by atoms with Gasteiger partial charge in [-0.3, -0.25) is 0 Å². The van der Waals surface area contributed by atoms with Crippen molar-refractivity contribution >= 4 is 17.9 Å². The molecule has 0 aromatic rings. The molecule has 4 saturated heterocycles. The molecule has 0 radical (unpaired) electrons. The minimum Gasteiger partial charge on any atom is -0.547 e. The van der Waals surface area contributed by atoms with E-state index in [4.69, 9.17) is 44.1 Å². The van der Waals surface area contributed by atoms with Crippen LogP contribution in [0.1, 0.15) is 62.3 Å². The van der Waals surface area contributed by atoms with E-state index < -0.39 is 128 Å². The molecule has 23 atom stereocenters. The molecule has 21 nitrogen and oxygen atoms in total. The SMILES string of the molecule is CC1C(O)OC(C(=O)[O-])[C@@H](O)[C@H]1O.CC1OC(O[C@H]2C(C(=O)[O-])OC(O[C@H]3C(C)OC(O)C(C)[C@@H]3C)C(C)[C@@H]2O)C(C)[C@H](C)C1C.O=C([O-])C1=C[C@@H](O)C(O)C(O)O1.[Na+].[Na+].[Na+]. The third kappa shape index (κ3) is 15.2. The standard InChI is InChI=1S/C24H42O9.C7H12O6.C6H8O6.3Na/c1-9-10(2)15(7)30-23(13(9)5)32-19-17(25)14(6)24(33-20(19)21(26)27)31-18-11(3)12(4)22(28)29-16(18)8;1-2-3(8)4(9)5(6(10)11)13-7(2)12;7-2-1-3(5(9)10)12-6(11)4(2)8;;;/h9-20,22-25,28H,1-8H3,(H,26,27);2-5,7-9,12H,1H3,(H,10,11);1-2,4,6-8,11H,(H,9,10);;;/q;;;3*+1/p-3/t9-,10?,11+,12?,13?,14?,15?,16?,17+,18-,19-,20?,22?,23?,24?;2?,3-,4-,5?,7?;2-,4?,6?;;;/m101.../s1. The van der Waals surface area contributed by atoms with Crippen LogP contribution in [0.5, 0.6) is 0 Å². The number of carboxylic acids is 3. The van der Waals surface area contributed by atoms with Crippen LogP contribution in [0.2, 0.25) is 0 Å². The second kappa shape index (κ2) is 26.7. The molecule has 61 heavy (non-hydrogen) atoms. The summed E-state index contributed by atoms with van der Waals surface area (Å²) in [6.07, 6.45) is -17.3. The maximum absolute atomic E-state index is 12.0. The van der Waals surface area contributed by atoms with Gasteiger partial charge in [0.05, 0.1) is 42.5 Å². The second-order valence-electron chi connectivity index (χ2n) is 15.9. The molecule has 24 heteroatoms. The monoisotopic (exact) mass is 908 g/mol. The number of carbonyl (C=O) groups is 3. The summed E-state index contributed by atoms with van der Waals surface area (Å²) in [4.78, 5) is 32.5. The van der Waals surface area contributed by atoms with E-state index in [1.807, 2.05) is 27.7 Å². The van der Waals surface area contributed by atoms with Crippen LogP contribution in [0, 0.1) is 41.4 Å². The van der Waals surface area contributed by atoms with Crippen molar-refractivity contribution in [1.82, 2.24) is 0 Å². The molecule has 0 bridgehead atoms. The molecule has 5 aliphatic heterocycles. The first-order chi connectivity index (χ1) is 26.8. The molecule has 0 aromatic heterocycles. The summed E-state index contributed by atoms with van der Waals surface area (Å²) in [6, 6.07) is 0. The number of aliphatic carboxylic acids is 3. The van der Waals surface area contributed by atoms with Gasteiger partial charge >= 0.3 is 88.7 Å². The minimum atomic E-state index is -1.74. The van der Waals surface area contributed by atoms with Crippen molar-refractivity contribution in [3.05, 3.63) is 11.8 Å². The van der Waals surface area contributed by atoms with Crippen LogP contribution in [0.3, 0.4) is 0 Å². The summed E-state index contributed by atoms with van der Waals surface area (Å²) in [5.41, 5.74) is 0. The van der Waals surface area contributed by atoms with Crippen LogP contribution in [-0.4, -0.2) is 157 Å². The third-order valence-electron chi connectivity index (χ3n) is 12.1. The number of hydrogen-bond donors (Lipinski definition) is 8. The maximum atomic E-state index is 12.0. The van der Waals surface area contributed by atoms with Crippen LogP contribution < -0.4 is 104 Å². The van der Waals surface area contributed by atoms with Crippen molar-refractivity contribution in [3.63, 3.8) is 0 Å². The largest absolute Gasteiger partial charge is 1.00 e. The predicted molar refractivity (Wildman–Crippen MR) is 185 cm³/mol. The molecular formula is C37H59Na3O21. The van der Waals surface area contributed by atoms with Crippen molar-refractivity contribution in [2.75, 3.05) is 0 Å². The van der Waals surface area contributed by atoms with Crippen molar-refractivity contribution in [2.45, 2.75) is 161 Å². The Kier molecular flexibility index (Phi) is 26.8. The van der Waals surface area contributed by atoms with E-state index in [0.29, 0.717) is 11.8 Å². The van der Waals surface area contributed by atoms with E-state index in [2.05, 4.69) is 23.3 Å². The van der Waals surface area contributed by atoms with Crippen LogP contribution >= 0.6 is 0 Å². The van der Waals surface area contributed by atoms with Crippen LogP contribution in [-0.2, 0) is 47.5 Å². The van der Waals surface area contributed by atoms with Gasteiger partial charge in [-0.1, -0.05) is 48.5 Å². The zero-order valence-electron chi connectivity index (χ0n) is 36.7. The fourth-order valence-electron chi connectivity index (χ4n) is 7.19. The van der Waals surface area contributed by atoms with E-state index in [1.54, 1.807) is 13.8 Å². The van der Waals surface area contributed by atoms with Crippen molar-refractivity contribution in [2.24, 2.45) is 41.4 Å². The third-order valence-corrected chi connectivity index (χ3v) is 12.1. The fourth-order valence-corrected chi connectivity index (χ4v) is 7.19. The van der Waals surface area contributed by atoms with E-state index in [-0.39, 0.29) is 113 Å². The van der Waals surface area contributed by atoms with Crippen LogP contribution in [0.25, 0.3) is 0 Å². The molecular weight excluding hydrogens is 849 g/mol. The first-order valence-electron chi connectivity index (χ1n) is 19.2. The molecule has 0 spiro atoms. The molecule has 336 valence electrons. The molecule has 0 aromatic carbocycles. The molecule has 0 saturated carbocycles. The van der Waals surface area contributed by atoms with Crippen molar-refractivity contribution in [3.8, 4) is 0 Å². The van der Waals surface area contributed by atoms with E-state index in [9.17, 15) is 50.1 Å². The minimum absolute atomic E-state index is 0. The fraction of sp³-hybridized carbons (Fsp3) is 0.865. The van der Waals surface area contributed by atoms with E-state index in [0.717, 1.165) is 6.08 Å². The molecule has 0 aliphatic carbocycles. The van der Waals surface area contributed by atoms with Crippen molar-refractivity contribution < 1.29 is 192 Å². The Morgan fingerprint density at radius 3 is 1.51 bits per heavy atom. The number of carboxylic acid groups (broad SMARTS) is 3. The first kappa shape index (κ1) is 61.4. The Hall–Kier alpha value is 0.390. The molecule has 5 aliphatic rings. The molecule has 15 unspecified atom stereocenters. The summed E-state index contributed by atoms with van der Waals surface area (Å²) >= 11 is 0. The van der Waals surface area contributed by atoms with Gasteiger partial charge in [-0.2, -0.15) is 0 Å². The summed E-state index contributed by atoms with van der Waals surface area (Å²) in [6.45, 7) is 16.9. The topological polar surface area (TPSA) is 347 Å². The number of hydrogen-bond acceptors (Lipinski definition) is 21. The average Bonchev–Trinajstić information content (AvgIpc) is 3.15. The van der Waals surface area contributed by atoms with Crippen molar-refractivity contribution in [1.29, 1.82) is 0 Å². The Bertz CT molecular complexity index is 1420. The first-order valence-corrected chi connectivity index (χ1v) is 19.2. The van der Waals surface area contributed by atoms with Gasteiger partial charge in [-0.05, 0) is 37.7 Å². The maximum Gasteiger partial charge on any atom is 1.00 e. The Balaban J connectivity index is 0.00000106. The summed E-state index contributed by atoms with van der Waals surface area (Å²) in [5.74, 6) is -6.42. The van der Waals surface area contributed by atoms with E-state index in [1.165, 1.54) is 6.92 Å². The average molecular weight is 909 g/mol. The smallest absolute Gasteiger partial charge is 0.547 e. The zero-order valence-corrected chi connectivity index (χ0v) is 42.7. The number of aliphatic hydroxyl groups is 8. The van der Waals surface area contributed by atoms with Gasteiger partial charge in [0.25, 0.3) is 0 Å². The van der Waals surface area contributed by atoms with Gasteiger partial charge in [0.15, 0.2) is 25.2 Å². The molecule has 4 fully saturated rings. The van der Waals surface area contributed by atoms with Gasteiger partial charge in [0, 0.05) is 23.7 Å². The zero-order chi connectivity index (χ0) is 44.2. The number of aliphatic hydroxyl groups excluding tert-OH is 8. The Labute approximate surface area is 420 Å². The van der Waals surface area contributed by atoms with Gasteiger partial charge in [-0.15, -0.1) is 0 Å². The number of rotatable bonds is 7. The molecule has 0 amide bonds. The number of ether oxygens (including phenoxy) is 7. The predicted octanol–water partition coefficient (Wildman–Crippen LogP) is -14.6. The van der Waals surface area contributed by atoms with Crippen LogP contribution in [0.15, 0.2) is 11.8 Å². The van der Waals surface area contributed by atoms with Gasteiger partial charge in [0.1, 0.15) is 48.4 Å². The normalized spacial score (nSPS) is 45.7. The quantitative estimate of drug-likeness (QED) is 0.110. The summed E-state index contributed by atoms with van der Waals surface area (Å²) < 4.78 is 38.4. The van der Waals surface area contributed by atoms with Gasteiger partial charge in [-0.25, -0.2) is 0 Å². The van der Waals surface area contributed by atoms with Gasteiger partial charge < -0.3 is 104 Å². The molecule has 8 N–H and O–H groups in total. The summed E-state index contributed by atoms with van der Waals surface area (Å²) in [5, 5.41) is 108. The Morgan fingerprint density at radius 2 is 1.00 bits per heavy atom. The Morgan fingerprint density at radius 1 is 0.492 bits per heavy atom. The van der Waals surface area contributed by atoms with Crippen LogP contribution in [0.4, 0.5) is 0 Å². The number of carbonyl (C=O) groups excluding carboxylic acids is 3. The molecule has 5 heterocycles. The molecule has 5 rings (SSSR count). The van der Waals surface area contributed by atoms with E-state index >= 15 is 0 Å².